The highest BCUT2D eigenvalue weighted by Gasteiger charge is 1.99. The van der Waals surface area contributed by atoms with Gasteiger partial charge in [-0.2, -0.15) is 0 Å². The molecule has 0 aromatic heterocycles. The van der Waals surface area contributed by atoms with Gasteiger partial charge in [-0.25, -0.2) is 0 Å². The lowest BCUT2D eigenvalue weighted by Crippen LogP contribution is -2.03. The first kappa shape index (κ1) is 10.9. The number of esters is 1. The quantitative estimate of drug-likeness (QED) is 0.218. The van der Waals surface area contributed by atoms with Crippen molar-refractivity contribution in [2.24, 2.45) is 5.16 Å². The van der Waals surface area contributed by atoms with Crippen LogP contribution in [0.15, 0.2) is 5.16 Å². The molecule has 4 heteroatoms. The summed E-state index contributed by atoms with van der Waals surface area (Å²) in [6.07, 6.45) is 4.21. The van der Waals surface area contributed by atoms with E-state index in [9.17, 15) is 4.79 Å². The Kier molecular flexibility index (Phi) is 7.33. The fraction of sp³-hybridized carbons (Fsp3) is 0.750. The van der Waals surface area contributed by atoms with Crippen molar-refractivity contribution in [3.05, 3.63) is 0 Å². The lowest BCUT2D eigenvalue weighted by atomic mass is 10.2. The second kappa shape index (κ2) is 8.04. The maximum Gasteiger partial charge on any atom is 0.305 e. The molecule has 0 rings (SSSR count). The van der Waals surface area contributed by atoms with Gasteiger partial charge in [0.2, 0.25) is 0 Å². The van der Waals surface area contributed by atoms with E-state index in [1.54, 1.807) is 6.92 Å². The summed E-state index contributed by atoms with van der Waals surface area (Å²) in [5.41, 5.74) is 0. The van der Waals surface area contributed by atoms with Crippen LogP contribution in [0.4, 0.5) is 0 Å². The van der Waals surface area contributed by atoms with Crippen LogP contribution in [0.2, 0.25) is 0 Å². The molecule has 0 heterocycles. The summed E-state index contributed by atoms with van der Waals surface area (Å²) in [5.74, 6) is -0.154. The smallest absolute Gasteiger partial charge is 0.305 e. The van der Waals surface area contributed by atoms with E-state index in [1.807, 2.05) is 0 Å². The summed E-state index contributed by atoms with van der Waals surface area (Å²) < 4.78 is 4.73. The van der Waals surface area contributed by atoms with Crippen molar-refractivity contribution < 1.29 is 14.7 Å². The Morgan fingerprint density at radius 2 is 2.33 bits per heavy atom. The van der Waals surface area contributed by atoms with Crippen molar-refractivity contribution in [3.8, 4) is 0 Å². The summed E-state index contributed by atoms with van der Waals surface area (Å²) in [5, 5.41) is 10.9. The predicted molar refractivity (Wildman–Crippen MR) is 45.4 cm³/mol. The van der Waals surface area contributed by atoms with Crippen LogP contribution in [0, 0.1) is 0 Å². The van der Waals surface area contributed by atoms with Gasteiger partial charge in [-0.05, 0) is 26.2 Å². The third-order valence-electron chi connectivity index (χ3n) is 1.35. The maximum absolute atomic E-state index is 10.8. The van der Waals surface area contributed by atoms with E-state index in [0.717, 1.165) is 12.8 Å². The minimum atomic E-state index is -0.154. The molecular formula is C8H15NO3. The Hall–Kier alpha value is -1.06. The number of ether oxygens (including phenoxy) is 1. The van der Waals surface area contributed by atoms with Gasteiger partial charge in [0.25, 0.3) is 0 Å². The van der Waals surface area contributed by atoms with E-state index in [-0.39, 0.29) is 5.97 Å². The molecule has 0 aromatic rings. The molecule has 0 aliphatic carbocycles. The van der Waals surface area contributed by atoms with E-state index in [1.165, 1.54) is 6.21 Å². The van der Waals surface area contributed by atoms with Gasteiger partial charge in [-0.15, -0.1) is 5.16 Å². The molecule has 4 nitrogen and oxygen atoms in total. The van der Waals surface area contributed by atoms with E-state index in [4.69, 9.17) is 9.94 Å². The molecule has 0 bridgehead atoms. The highest BCUT2D eigenvalue weighted by Crippen LogP contribution is 1.99. The number of carbonyl (C=O) groups is 1. The molecule has 0 aromatic carbocycles. The lowest BCUT2D eigenvalue weighted by Gasteiger charge is -1.99. The van der Waals surface area contributed by atoms with Crippen LogP contribution in [-0.4, -0.2) is 24.0 Å². The number of rotatable bonds is 6. The van der Waals surface area contributed by atoms with Gasteiger partial charge < -0.3 is 9.94 Å². The predicted octanol–water partition coefficient (Wildman–Crippen LogP) is 1.57. The monoisotopic (exact) mass is 173 g/mol. The normalized spacial score (nSPS) is 10.4. The van der Waals surface area contributed by atoms with Crippen molar-refractivity contribution in [2.75, 3.05) is 6.61 Å². The Labute approximate surface area is 72.2 Å². The molecule has 0 unspecified atom stereocenters. The topological polar surface area (TPSA) is 58.9 Å². The SMILES string of the molecule is CCOC(=O)CCCCC=NO. The fourth-order valence-electron chi connectivity index (χ4n) is 0.796. The van der Waals surface area contributed by atoms with Gasteiger partial charge in [0.1, 0.15) is 0 Å². The summed E-state index contributed by atoms with van der Waals surface area (Å²) >= 11 is 0. The summed E-state index contributed by atoms with van der Waals surface area (Å²) in [7, 11) is 0. The molecular weight excluding hydrogens is 158 g/mol. The zero-order valence-electron chi connectivity index (χ0n) is 7.32. The Morgan fingerprint density at radius 3 is 2.92 bits per heavy atom. The zero-order chi connectivity index (χ0) is 9.23. The summed E-state index contributed by atoms with van der Waals surface area (Å²) in [6, 6.07) is 0. The Morgan fingerprint density at radius 1 is 1.58 bits per heavy atom. The Bertz CT molecular complexity index is 145. The van der Waals surface area contributed by atoms with Crippen LogP contribution < -0.4 is 0 Å². The van der Waals surface area contributed by atoms with Crippen LogP contribution in [0.3, 0.4) is 0 Å². The zero-order valence-corrected chi connectivity index (χ0v) is 7.32. The van der Waals surface area contributed by atoms with Gasteiger partial charge in [0, 0.05) is 12.6 Å². The highest BCUT2D eigenvalue weighted by molar-refractivity contribution is 5.69. The number of hydrogen-bond donors (Lipinski definition) is 1. The summed E-state index contributed by atoms with van der Waals surface area (Å²) in [6.45, 7) is 2.23. The number of carbonyl (C=O) groups excluding carboxylic acids is 1. The molecule has 0 saturated heterocycles. The van der Waals surface area contributed by atoms with Gasteiger partial charge in [0.15, 0.2) is 0 Å². The molecule has 0 atom stereocenters. The van der Waals surface area contributed by atoms with E-state index in [0.29, 0.717) is 19.4 Å². The van der Waals surface area contributed by atoms with Crippen molar-refractivity contribution >= 4 is 12.2 Å². The number of hydrogen-bond acceptors (Lipinski definition) is 4. The second-order valence-corrected chi connectivity index (χ2v) is 2.35. The number of unbranched alkanes of at least 4 members (excludes halogenated alkanes) is 2. The van der Waals surface area contributed by atoms with Gasteiger partial charge >= 0.3 is 5.97 Å². The first-order valence-corrected chi connectivity index (χ1v) is 4.12. The molecule has 0 aliphatic heterocycles. The summed E-state index contributed by atoms with van der Waals surface area (Å²) in [4.78, 5) is 10.8. The first-order chi connectivity index (χ1) is 5.81. The molecule has 0 fully saturated rings. The average Bonchev–Trinajstić information content (AvgIpc) is 2.05. The fourth-order valence-corrected chi connectivity index (χ4v) is 0.796. The van der Waals surface area contributed by atoms with Crippen molar-refractivity contribution in [1.29, 1.82) is 0 Å². The van der Waals surface area contributed by atoms with Crippen LogP contribution in [-0.2, 0) is 9.53 Å². The highest BCUT2D eigenvalue weighted by atomic mass is 16.5. The van der Waals surface area contributed by atoms with Crippen LogP contribution >= 0.6 is 0 Å². The minimum Gasteiger partial charge on any atom is -0.466 e. The average molecular weight is 173 g/mol. The molecule has 12 heavy (non-hydrogen) atoms. The van der Waals surface area contributed by atoms with Gasteiger partial charge in [0.05, 0.1) is 6.61 Å². The van der Waals surface area contributed by atoms with Crippen LogP contribution in [0.25, 0.3) is 0 Å². The third kappa shape index (κ3) is 7.05. The molecule has 0 aliphatic rings. The second-order valence-electron chi connectivity index (χ2n) is 2.35. The van der Waals surface area contributed by atoms with Gasteiger partial charge in [-0.3, -0.25) is 4.79 Å². The van der Waals surface area contributed by atoms with Crippen LogP contribution in [0.5, 0.6) is 0 Å². The molecule has 0 saturated carbocycles. The molecule has 0 spiro atoms. The lowest BCUT2D eigenvalue weighted by molar-refractivity contribution is -0.143. The first-order valence-electron chi connectivity index (χ1n) is 4.12. The molecule has 0 radical (unpaired) electrons. The molecule has 1 N–H and O–H groups in total. The van der Waals surface area contributed by atoms with E-state index in [2.05, 4.69) is 5.16 Å². The Balaban J connectivity index is 3.13. The van der Waals surface area contributed by atoms with Crippen LogP contribution in [0.1, 0.15) is 32.6 Å². The van der Waals surface area contributed by atoms with Crippen molar-refractivity contribution in [2.45, 2.75) is 32.6 Å². The van der Waals surface area contributed by atoms with Gasteiger partial charge in [-0.1, -0.05) is 0 Å². The third-order valence-corrected chi connectivity index (χ3v) is 1.35. The minimum absolute atomic E-state index is 0.154. The van der Waals surface area contributed by atoms with Crippen molar-refractivity contribution in [1.82, 2.24) is 0 Å². The maximum atomic E-state index is 10.8. The van der Waals surface area contributed by atoms with E-state index < -0.39 is 0 Å². The standard InChI is InChI=1S/C8H15NO3/c1-2-12-8(10)6-4-3-5-7-9-11/h7,11H,2-6H2,1H3. The largest absolute Gasteiger partial charge is 0.466 e. The molecule has 70 valence electrons. The number of nitrogens with zero attached hydrogens (tertiary/aromatic N) is 1. The number of oxime groups is 1. The van der Waals surface area contributed by atoms with Crippen molar-refractivity contribution in [3.63, 3.8) is 0 Å². The molecule has 0 amide bonds. The van der Waals surface area contributed by atoms with E-state index >= 15 is 0 Å².